The van der Waals surface area contributed by atoms with E-state index in [0.717, 1.165) is 21.3 Å². The summed E-state index contributed by atoms with van der Waals surface area (Å²) in [6.45, 7) is 1.88. The number of carboxylic acid groups (broad SMARTS) is 1. The minimum Gasteiger partial charge on any atom is -0.497 e. The molecule has 0 radical (unpaired) electrons. The number of aliphatic carboxylic acids is 1. The first-order valence-corrected chi connectivity index (χ1v) is 5.46. The standard InChI is InChI=1S/C11H13BrO4/c1-7-3-9(15-2)4-8(11(7)12)5-16-6-10(13)14/h3-4H,5-6H2,1-2H3,(H,13,14). The van der Waals surface area contributed by atoms with Gasteiger partial charge >= 0.3 is 5.97 Å². The number of aryl methyl sites for hydroxylation is 1. The number of hydrogen-bond donors (Lipinski definition) is 1. The lowest BCUT2D eigenvalue weighted by molar-refractivity contribution is -0.142. The van der Waals surface area contributed by atoms with E-state index in [1.165, 1.54) is 0 Å². The summed E-state index contributed by atoms with van der Waals surface area (Å²) in [7, 11) is 1.59. The molecule has 0 bridgehead atoms. The molecule has 88 valence electrons. The molecule has 0 fully saturated rings. The summed E-state index contributed by atoms with van der Waals surface area (Å²) < 4.78 is 11.1. The highest BCUT2D eigenvalue weighted by Gasteiger charge is 2.07. The van der Waals surface area contributed by atoms with Crippen molar-refractivity contribution >= 4 is 21.9 Å². The van der Waals surface area contributed by atoms with Crippen molar-refractivity contribution < 1.29 is 19.4 Å². The first-order chi connectivity index (χ1) is 7.54. The van der Waals surface area contributed by atoms with E-state index in [9.17, 15) is 4.79 Å². The van der Waals surface area contributed by atoms with Gasteiger partial charge in [-0.2, -0.15) is 0 Å². The molecular formula is C11H13BrO4. The number of hydrogen-bond acceptors (Lipinski definition) is 3. The van der Waals surface area contributed by atoms with Crippen molar-refractivity contribution in [1.29, 1.82) is 0 Å². The van der Waals surface area contributed by atoms with E-state index in [4.69, 9.17) is 14.6 Å². The number of methoxy groups -OCH3 is 1. The summed E-state index contributed by atoms with van der Waals surface area (Å²) in [6, 6.07) is 3.71. The van der Waals surface area contributed by atoms with Gasteiger partial charge in [-0.25, -0.2) is 4.79 Å². The molecule has 4 nitrogen and oxygen atoms in total. The topological polar surface area (TPSA) is 55.8 Å². The van der Waals surface area contributed by atoms with Gasteiger partial charge in [-0.05, 0) is 30.2 Å². The predicted octanol–water partition coefficient (Wildman–Crippen LogP) is 2.37. The first kappa shape index (κ1) is 13.0. The van der Waals surface area contributed by atoms with Gasteiger partial charge in [0.2, 0.25) is 0 Å². The molecule has 0 aromatic heterocycles. The van der Waals surface area contributed by atoms with E-state index in [0.29, 0.717) is 0 Å². The molecule has 0 saturated carbocycles. The highest BCUT2D eigenvalue weighted by molar-refractivity contribution is 9.10. The number of rotatable bonds is 5. The Balaban J connectivity index is 2.78. The Kier molecular flexibility index (Phi) is 4.76. The highest BCUT2D eigenvalue weighted by atomic mass is 79.9. The quantitative estimate of drug-likeness (QED) is 0.904. The molecule has 0 heterocycles. The fourth-order valence-electron chi connectivity index (χ4n) is 1.28. The lowest BCUT2D eigenvalue weighted by atomic mass is 10.1. The molecule has 0 aliphatic rings. The molecule has 0 unspecified atom stereocenters. The number of carboxylic acids is 1. The molecule has 0 aliphatic carbocycles. The second-order valence-electron chi connectivity index (χ2n) is 3.30. The summed E-state index contributed by atoms with van der Waals surface area (Å²) in [5, 5.41) is 8.45. The van der Waals surface area contributed by atoms with Gasteiger partial charge < -0.3 is 14.6 Å². The minimum absolute atomic E-state index is 0.241. The molecule has 0 spiro atoms. The second-order valence-corrected chi connectivity index (χ2v) is 4.10. The van der Waals surface area contributed by atoms with Crippen molar-refractivity contribution in [2.75, 3.05) is 13.7 Å². The predicted molar refractivity (Wildman–Crippen MR) is 62.7 cm³/mol. The maximum atomic E-state index is 10.3. The largest absolute Gasteiger partial charge is 0.497 e. The van der Waals surface area contributed by atoms with Crippen molar-refractivity contribution in [3.05, 3.63) is 27.7 Å². The number of carbonyl (C=O) groups is 1. The van der Waals surface area contributed by atoms with Crippen LogP contribution in [0.1, 0.15) is 11.1 Å². The lowest BCUT2D eigenvalue weighted by Crippen LogP contribution is -2.07. The number of benzene rings is 1. The van der Waals surface area contributed by atoms with Crippen molar-refractivity contribution in [3.8, 4) is 5.75 Å². The van der Waals surface area contributed by atoms with Gasteiger partial charge in [0.05, 0.1) is 13.7 Å². The zero-order valence-corrected chi connectivity index (χ0v) is 10.7. The van der Waals surface area contributed by atoms with Crippen LogP contribution >= 0.6 is 15.9 Å². The summed E-state index contributed by atoms with van der Waals surface area (Å²) in [5.41, 5.74) is 1.89. The monoisotopic (exact) mass is 288 g/mol. The van der Waals surface area contributed by atoms with Crippen LogP contribution in [0.2, 0.25) is 0 Å². The Bertz CT molecular complexity index is 390. The zero-order valence-electron chi connectivity index (χ0n) is 9.12. The van der Waals surface area contributed by atoms with E-state index >= 15 is 0 Å². The third-order valence-electron chi connectivity index (χ3n) is 2.02. The fourth-order valence-corrected chi connectivity index (χ4v) is 1.62. The SMILES string of the molecule is COc1cc(C)c(Br)c(COCC(=O)O)c1. The fraction of sp³-hybridized carbons (Fsp3) is 0.364. The van der Waals surface area contributed by atoms with Crippen LogP contribution in [0.5, 0.6) is 5.75 Å². The van der Waals surface area contributed by atoms with Crippen LogP contribution in [0.25, 0.3) is 0 Å². The number of ether oxygens (including phenoxy) is 2. The van der Waals surface area contributed by atoms with Crippen LogP contribution in [0.15, 0.2) is 16.6 Å². The molecule has 0 aliphatic heterocycles. The van der Waals surface area contributed by atoms with Gasteiger partial charge in [0.1, 0.15) is 12.4 Å². The molecule has 16 heavy (non-hydrogen) atoms. The van der Waals surface area contributed by atoms with Gasteiger partial charge in [-0.15, -0.1) is 0 Å². The van der Waals surface area contributed by atoms with Crippen molar-refractivity contribution in [1.82, 2.24) is 0 Å². The molecule has 5 heteroatoms. The lowest BCUT2D eigenvalue weighted by Gasteiger charge is -2.10. The molecule has 1 aromatic carbocycles. The molecule has 0 atom stereocenters. The molecule has 1 rings (SSSR count). The second kappa shape index (κ2) is 5.86. The van der Waals surface area contributed by atoms with Crippen molar-refractivity contribution in [2.24, 2.45) is 0 Å². The normalized spacial score (nSPS) is 10.2. The minimum atomic E-state index is -0.976. The van der Waals surface area contributed by atoms with E-state index in [-0.39, 0.29) is 13.2 Å². The van der Waals surface area contributed by atoms with E-state index in [1.807, 2.05) is 19.1 Å². The third-order valence-corrected chi connectivity index (χ3v) is 3.16. The molecule has 1 aromatic rings. The van der Waals surface area contributed by atoms with E-state index < -0.39 is 5.97 Å². The summed E-state index contributed by atoms with van der Waals surface area (Å²) in [6.07, 6.45) is 0. The van der Waals surface area contributed by atoms with Gasteiger partial charge in [0.15, 0.2) is 0 Å². The Labute approximate surface area is 102 Å². The molecule has 0 amide bonds. The van der Waals surface area contributed by atoms with Crippen LogP contribution in [-0.4, -0.2) is 24.8 Å². The van der Waals surface area contributed by atoms with Gasteiger partial charge in [-0.1, -0.05) is 15.9 Å². The smallest absolute Gasteiger partial charge is 0.329 e. The van der Waals surface area contributed by atoms with Gasteiger partial charge in [0.25, 0.3) is 0 Å². The summed E-state index contributed by atoms with van der Waals surface area (Å²) in [5.74, 6) is -0.245. The number of halogens is 1. The van der Waals surface area contributed by atoms with Gasteiger partial charge in [-0.3, -0.25) is 0 Å². The molecule has 1 N–H and O–H groups in total. The van der Waals surface area contributed by atoms with E-state index in [2.05, 4.69) is 15.9 Å². The van der Waals surface area contributed by atoms with E-state index in [1.54, 1.807) is 7.11 Å². The van der Waals surface area contributed by atoms with Crippen LogP contribution in [-0.2, 0) is 16.1 Å². The Morgan fingerprint density at radius 3 is 2.75 bits per heavy atom. The first-order valence-electron chi connectivity index (χ1n) is 4.67. The molecule has 0 saturated heterocycles. The average molecular weight is 289 g/mol. The third kappa shape index (κ3) is 3.50. The van der Waals surface area contributed by atoms with Crippen molar-refractivity contribution in [2.45, 2.75) is 13.5 Å². The van der Waals surface area contributed by atoms with Crippen LogP contribution < -0.4 is 4.74 Å². The maximum absolute atomic E-state index is 10.3. The Morgan fingerprint density at radius 2 is 2.19 bits per heavy atom. The van der Waals surface area contributed by atoms with Gasteiger partial charge in [0, 0.05) is 4.47 Å². The summed E-state index contributed by atoms with van der Waals surface area (Å²) >= 11 is 3.43. The Hall–Kier alpha value is -1.07. The summed E-state index contributed by atoms with van der Waals surface area (Å²) in [4.78, 5) is 10.3. The molecular weight excluding hydrogens is 276 g/mol. The highest BCUT2D eigenvalue weighted by Crippen LogP contribution is 2.27. The van der Waals surface area contributed by atoms with Crippen LogP contribution in [0.3, 0.4) is 0 Å². The maximum Gasteiger partial charge on any atom is 0.329 e. The zero-order chi connectivity index (χ0) is 12.1. The average Bonchev–Trinajstić information content (AvgIpc) is 2.23. The van der Waals surface area contributed by atoms with Crippen LogP contribution in [0.4, 0.5) is 0 Å². The Morgan fingerprint density at radius 1 is 1.50 bits per heavy atom. The van der Waals surface area contributed by atoms with Crippen LogP contribution in [0, 0.1) is 6.92 Å². The van der Waals surface area contributed by atoms with Crippen molar-refractivity contribution in [3.63, 3.8) is 0 Å².